The highest BCUT2D eigenvalue weighted by Gasteiger charge is 1.99. The van der Waals surface area contributed by atoms with E-state index < -0.39 is 0 Å². The van der Waals surface area contributed by atoms with E-state index >= 15 is 0 Å². The fraction of sp³-hybridized carbons (Fsp3) is 0.444. The summed E-state index contributed by atoms with van der Waals surface area (Å²) >= 11 is 0. The summed E-state index contributed by atoms with van der Waals surface area (Å²) in [4.78, 5) is 0. The van der Waals surface area contributed by atoms with Crippen LogP contribution in [0.15, 0.2) is 42.5 Å². The molecule has 0 unspecified atom stereocenters. The first-order valence-corrected chi connectivity index (χ1v) is 7.46. The summed E-state index contributed by atoms with van der Waals surface area (Å²) in [5.74, 6) is 0. The highest BCUT2D eigenvalue weighted by Crippen LogP contribution is 2.18. The molecule has 2 aromatic rings. The average Bonchev–Trinajstić information content (AvgIpc) is 2.52. The van der Waals surface area contributed by atoms with Gasteiger partial charge in [-0.25, -0.2) is 0 Å². The molecule has 0 aliphatic rings. The number of benzene rings is 2. The molecule has 19 heavy (non-hydrogen) atoms. The fourth-order valence-electron chi connectivity index (χ4n) is 1.74. The van der Waals surface area contributed by atoms with Gasteiger partial charge in [-0.2, -0.15) is 0 Å². The molecular formula is C18H28O. The van der Waals surface area contributed by atoms with E-state index in [1.807, 2.05) is 27.7 Å². The van der Waals surface area contributed by atoms with E-state index in [0.717, 1.165) is 19.6 Å². The highest BCUT2D eigenvalue weighted by molar-refractivity contribution is 5.85. The van der Waals surface area contributed by atoms with Crippen LogP contribution in [0.25, 0.3) is 10.8 Å². The molecule has 0 radical (unpaired) electrons. The van der Waals surface area contributed by atoms with Gasteiger partial charge in [-0.15, -0.1) is 0 Å². The van der Waals surface area contributed by atoms with Gasteiger partial charge in [0.2, 0.25) is 0 Å². The number of ether oxygens (including phenoxy) is 1. The van der Waals surface area contributed by atoms with E-state index in [-0.39, 0.29) is 0 Å². The molecule has 0 aliphatic heterocycles. The molecule has 0 fully saturated rings. The third kappa shape index (κ3) is 5.89. The molecule has 0 spiro atoms. The molecule has 0 bridgehead atoms. The zero-order valence-corrected chi connectivity index (χ0v) is 13.1. The van der Waals surface area contributed by atoms with Crippen molar-refractivity contribution in [1.29, 1.82) is 0 Å². The number of rotatable bonds is 4. The summed E-state index contributed by atoms with van der Waals surface area (Å²) in [5, 5.41) is 2.59. The minimum atomic E-state index is 0.717. The van der Waals surface area contributed by atoms with Crippen molar-refractivity contribution in [1.82, 2.24) is 0 Å². The van der Waals surface area contributed by atoms with Crippen LogP contribution in [0.2, 0.25) is 0 Å². The Morgan fingerprint density at radius 1 is 0.842 bits per heavy atom. The molecule has 0 amide bonds. The predicted molar refractivity (Wildman–Crippen MR) is 86.6 cm³/mol. The van der Waals surface area contributed by atoms with Gasteiger partial charge in [-0.1, -0.05) is 77.1 Å². The van der Waals surface area contributed by atoms with Gasteiger partial charge < -0.3 is 4.74 Å². The summed E-state index contributed by atoms with van der Waals surface area (Å²) in [5.41, 5.74) is 1.28. The van der Waals surface area contributed by atoms with Crippen molar-refractivity contribution in [3.05, 3.63) is 48.0 Å². The topological polar surface area (TPSA) is 9.23 Å². The van der Waals surface area contributed by atoms with Gasteiger partial charge >= 0.3 is 0 Å². The monoisotopic (exact) mass is 260 g/mol. The Labute approximate surface area is 118 Å². The third-order valence-corrected chi connectivity index (χ3v) is 2.49. The molecule has 1 heteroatoms. The van der Waals surface area contributed by atoms with Crippen molar-refractivity contribution in [3.63, 3.8) is 0 Å². The zero-order valence-electron chi connectivity index (χ0n) is 13.1. The molecule has 0 saturated carbocycles. The SMILES string of the molecule is CC.CC.CCCOCc1cccc2ccccc12. The number of hydrogen-bond donors (Lipinski definition) is 0. The van der Waals surface area contributed by atoms with Crippen molar-refractivity contribution in [3.8, 4) is 0 Å². The summed E-state index contributed by atoms with van der Waals surface area (Å²) < 4.78 is 5.58. The normalized spacial score (nSPS) is 9.11. The highest BCUT2D eigenvalue weighted by atomic mass is 16.5. The second kappa shape index (κ2) is 11.7. The molecule has 0 aliphatic carbocycles. The Balaban J connectivity index is 0.000000741. The average molecular weight is 260 g/mol. The Kier molecular flexibility index (Phi) is 10.9. The Hall–Kier alpha value is -1.34. The second-order valence-corrected chi connectivity index (χ2v) is 3.69. The maximum absolute atomic E-state index is 5.58. The standard InChI is InChI=1S/C14H16O.2C2H6/c1-2-10-15-11-13-8-5-7-12-6-3-4-9-14(12)13;2*1-2/h3-9H,2,10-11H2,1H3;2*1-2H3. The number of hydrogen-bond acceptors (Lipinski definition) is 1. The first kappa shape index (κ1) is 17.7. The van der Waals surface area contributed by atoms with Crippen molar-refractivity contribution in [2.75, 3.05) is 6.61 Å². The lowest BCUT2D eigenvalue weighted by Gasteiger charge is -2.06. The van der Waals surface area contributed by atoms with Crippen LogP contribution in [-0.4, -0.2) is 6.61 Å². The van der Waals surface area contributed by atoms with Crippen LogP contribution in [0.1, 0.15) is 46.6 Å². The predicted octanol–water partition coefficient (Wildman–Crippen LogP) is 5.82. The quantitative estimate of drug-likeness (QED) is 0.629. The molecule has 1 nitrogen and oxygen atoms in total. The van der Waals surface area contributed by atoms with Crippen LogP contribution in [0.5, 0.6) is 0 Å². The summed E-state index contributed by atoms with van der Waals surface area (Å²) in [7, 11) is 0. The van der Waals surface area contributed by atoms with Gasteiger partial charge in [0.1, 0.15) is 0 Å². The van der Waals surface area contributed by atoms with Crippen molar-refractivity contribution >= 4 is 10.8 Å². The summed E-state index contributed by atoms with van der Waals surface area (Å²) in [6, 6.07) is 14.8. The van der Waals surface area contributed by atoms with Crippen LogP contribution < -0.4 is 0 Å². The fourth-order valence-corrected chi connectivity index (χ4v) is 1.74. The van der Waals surface area contributed by atoms with E-state index in [9.17, 15) is 0 Å². The summed E-state index contributed by atoms with van der Waals surface area (Å²) in [6.45, 7) is 11.7. The number of fused-ring (bicyclic) bond motifs is 1. The van der Waals surface area contributed by atoms with Gasteiger partial charge in [-0.3, -0.25) is 0 Å². The zero-order chi connectivity index (χ0) is 14.5. The molecule has 0 atom stereocenters. The smallest absolute Gasteiger partial charge is 0.0722 e. The van der Waals surface area contributed by atoms with Gasteiger partial charge in [-0.05, 0) is 22.8 Å². The Morgan fingerprint density at radius 3 is 2.16 bits per heavy atom. The minimum absolute atomic E-state index is 0.717. The molecule has 2 aromatic carbocycles. The van der Waals surface area contributed by atoms with Gasteiger partial charge in [0.25, 0.3) is 0 Å². The van der Waals surface area contributed by atoms with Gasteiger partial charge in [0.15, 0.2) is 0 Å². The molecule has 106 valence electrons. The molecule has 0 saturated heterocycles. The lowest BCUT2D eigenvalue weighted by molar-refractivity contribution is 0.122. The third-order valence-electron chi connectivity index (χ3n) is 2.49. The van der Waals surface area contributed by atoms with E-state index in [2.05, 4.69) is 49.4 Å². The van der Waals surface area contributed by atoms with E-state index in [1.54, 1.807) is 0 Å². The van der Waals surface area contributed by atoms with E-state index in [4.69, 9.17) is 4.74 Å². The van der Waals surface area contributed by atoms with Crippen LogP contribution in [-0.2, 0) is 11.3 Å². The Bertz CT molecular complexity index is 429. The largest absolute Gasteiger partial charge is 0.377 e. The van der Waals surface area contributed by atoms with Crippen LogP contribution >= 0.6 is 0 Å². The van der Waals surface area contributed by atoms with Crippen LogP contribution in [0.3, 0.4) is 0 Å². The van der Waals surface area contributed by atoms with Crippen molar-refractivity contribution in [2.24, 2.45) is 0 Å². The lowest BCUT2D eigenvalue weighted by atomic mass is 10.1. The van der Waals surface area contributed by atoms with Crippen molar-refractivity contribution < 1.29 is 4.74 Å². The van der Waals surface area contributed by atoms with E-state index in [1.165, 1.54) is 16.3 Å². The molecule has 0 N–H and O–H groups in total. The van der Waals surface area contributed by atoms with E-state index in [0.29, 0.717) is 0 Å². The minimum Gasteiger partial charge on any atom is -0.377 e. The molecular weight excluding hydrogens is 232 g/mol. The van der Waals surface area contributed by atoms with Gasteiger partial charge in [0.05, 0.1) is 6.61 Å². The van der Waals surface area contributed by atoms with Crippen molar-refractivity contribution in [2.45, 2.75) is 47.6 Å². The maximum atomic E-state index is 5.58. The second-order valence-electron chi connectivity index (χ2n) is 3.69. The molecule has 2 rings (SSSR count). The summed E-state index contributed by atoms with van der Waals surface area (Å²) in [6.07, 6.45) is 1.07. The first-order chi connectivity index (χ1) is 9.42. The lowest BCUT2D eigenvalue weighted by Crippen LogP contribution is -1.94. The first-order valence-electron chi connectivity index (χ1n) is 7.46. The molecule has 0 heterocycles. The maximum Gasteiger partial charge on any atom is 0.0722 e. The van der Waals surface area contributed by atoms with Crippen LogP contribution in [0.4, 0.5) is 0 Å². The molecule has 0 aromatic heterocycles. The Morgan fingerprint density at radius 2 is 1.47 bits per heavy atom. The van der Waals surface area contributed by atoms with Gasteiger partial charge in [0, 0.05) is 6.61 Å². The van der Waals surface area contributed by atoms with Crippen LogP contribution in [0, 0.1) is 0 Å².